The summed E-state index contributed by atoms with van der Waals surface area (Å²) in [6, 6.07) is 56.7. The zero-order valence-corrected chi connectivity index (χ0v) is 45.8. The summed E-state index contributed by atoms with van der Waals surface area (Å²) in [5.41, 5.74) is 18.4. The zero-order valence-electron chi connectivity index (χ0n) is 35.5. The van der Waals surface area contributed by atoms with Gasteiger partial charge in [-0.15, -0.1) is 0 Å². The molecule has 0 aliphatic heterocycles. The molecule has 0 unspecified atom stereocenters. The Bertz CT molecular complexity index is 1960. The van der Waals surface area contributed by atoms with Gasteiger partial charge in [-0.2, -0.15) is 0 Å². The van der Waals surface area contributed by atoms with Crippen LogP contribution in [0.3, 0.4) is 0 Å². The summed E-state index contributed by atoms with van der Waals surface area (Å²) < 4.78 is 9.09. The molecular formula is C54H54Se6. The third-order valence-corrected chi connectivity index (χ3v) is 23.7. The Labute approximate surface area is 398 Å². The van der Waals surface area contributed by atoms with E-state index >= 15 is 0 Å². The van der Waals surface area contributed by atoms with Crippen LogP contribution in [0.2, 0.25) is 0 Å². The SMILES string of the molecule is Cc1ccc([Se]Cc2c(C[Se]c3ccc(C)cc3)c(C[Se]c3ccc(C)cc3)c(C[Se]c3ccc(C)cc3)c(C[Se]c3ccc(C)cc3)c2C[Se]c2ccc(C)cc2)cc1. The van der Waals surface area contributed by atoms with Crippen LogP contribution in [-0.4, -0.2) is 89.7 Å². The van der Waals surface area contributed by atoms with Gasteiger partial charge in [-0.1, -0.05) is 0 Å². The first-order valence-electron chi connectivity index (χ1n) is 20.5. The second-order valence-electron chi connectivity index (χ2n) is 15.5. The van der Waals surface area contributed by atoms with Crippen LogP contribution < -0.4 is 26.8 Å². The minimum absolute atomic E-state index is 0.344. The maximum absolute atomic E-state index is 2.41. The third kappa shape index (κ3) is 13.3. The average molecular weight is 1180 g/mol. The normalized spacial score (nSPS) is 11.3. The Morgan fingerprint density at radius 1 is 0.200 bits per heavy atom. The number of hydrogen-bond donors (Lipinski definition) is 0. The third-order valence-electron chi connectivity index (χ3n) is 10.6. The molecule has 0 atom stereocenters. The predicted octanol–water partition coefficient (Wildman–Crippen LogP) is 6.72. The van der Waals surface area contributed by atoms with Gasteiger partial charge in [0.2, 0.25) is 0 Å². The van der Waals surface area contributed by atoms with Crippen molar-refractivity contribution >= 4 is 117 Å². The van der Waals surface area contributed by atoms with E-state index in [4.69, 9.17) is 0 Å². The van der Waals surface area contributed by atoms with Gasteiger partial charge in [-0.3, -0.25) is 0 Å². The van der Waals surface area contributed by atoms with Crippen LogP contribution in [0.1, 0.15) is 66.8 Å². The topological polar surface area (TPSA) is 0 Å². The van der Waals surface area contributed by atoms with Gasteiger partial charge < -0.3 is 0 Å². The van der Waals surface area contributed by atoms with Crippen molar-refractivity contribution < 1.29 is 0 Å². The molecular weight excluding hydrogens is 1120 g/mol. The number of hydrogen-bond acceptors (Lipinski definition) is 0. The zero-order chi connectivity index (χ0) is 41.8. The van der Waals surface area contributed by atoms with Gasteiger partial charge in [0.1, 0.15) is 0 Å². The average Bonchev–Trinajstić information content (AvgIpc) is 3.26. The Balaban J connectivity index is 1.43. The van der Waals surface area contributed by atoms with Crippen LogP contribution in [0.5, 0.6) is 0 Å². The molecule has 0 N–H and O–H groups in total. The van der Waals surface area contributed by atoms with Crippen molar-refractivity contribution in [3.63, 3.8) is 0 Å². The molecule has 0 fully saturated rings. The van der Waals surface area contributed by atoms with Crippen molar-refractivity contribution in [2.24, 2.45) is 0 Å². The van der Waals surface area contributed by atoms with Crippen LogP contribution in [0.15, 0.2) is 146 Å². The fraction of sp³-hybridized carbons (Fsp3) is 0.222. The van der Waals surface area contributed by atoms with E-state index in [1.807, 2.05) is 0 Å². The molecule has 306 valence electrons. The van der Waals surface area contributed by atoms with Gasteiger partial charge in [-0.25, -0.2) is 0 Å². The Kier molecular flexibility index (Phi) is 17.4. The first-order valence-corrected chi connectivity index (χ1v) is 32.9. The minimum atomic E-state index is 0.344. The second-order valence-corrected chi connectivity index (χ2v) is 28.7. The van der Waals surface area contributed by atoms with E-state index in [9.17, 15) is 0 Å². The summed E-state index contributed by atoms with van der Waals surface area (Å²) >= 11 is 2.07. The molecule has 0 radical (unpaired) electrons. The molecule has 0 bridgehead atoms. The molecule has 0 amide bonds. The molecule has 0 heterocycles. The van der Waals surface area contributed by atoms with E-state index < -0.39 is 0 Å². The van der Waals surface area contributed by atoms with Crippen molar-refractivity contribution in [2.75, 3.05) is 0 Å². The van der Waals surface area contributed by atoms with Gasteiger partial charge in [0.25, 0.3) is 0 Å². The summed E-state index contributed by atoms with van der Waals surface area (Å²) in [4.78, 5) is 0. The van der Waals surface area contributed by atoms with Gasteiger partial charge in [-0.05, 0) is 0 Å². The van der Waals surface area contributed by atoms with Gasteiger partial charge in [0.05, 0.1) is 0 Å². The quantitative estimate of drug-likeness (QED) is 0.0840. The standard InChI is InChI=1S/C54H54Se6/c1-37-7-19-43(20-8-37)55-31-49-50(32-56-44-21-9-38(2)10-22-44)52(34-58-46-25-13-40(4)14-26-46)54(36-60-48-29-17-42(6)18-30-48)53(35-59-47-27-15-41(5)16-28-47)51(49)33-57-45-23-11-39(3)12-24-45/h7-30H,31-36H2,1-6H3. The summed E-state index contributed by atoms with van der Waals surface area (Å²) in [6.45, 7) is 13.3. The fourth-order valence-corrected chi connectivity index (χ4v) is 19.3. The summed E-state index contributed by atoms with van der Waals surface area (Å²) in [7, 11) is 0. The summed E-state index contributed by atoms with van der Waals surface area (Å²) in [6.07, 6.45) is 0. The van der Waals surface area contributed by atoms with Crippen molar-refractivity contribution in [2.45, 2.75) is 73.5 Å². The molecule has 0 aliphatic carbocycles. The molecule has 6 heteroatoms. The summed E-state index contributed by atoms with van der Waals surface area (Å²) in [5, 5.41) is 6.96. The molecule has 0 spiro atoms. The van der Waals surface area contributed by atoms with Crippen LogP contribution in [0.4, 0.5) is 0 Å². The van der Waals surface area contributed by atoms with Crippen molar-refractivity contribution in [1.82, 2.24) is 0 Å². The maximum atomic E-state index is 2.41. The molecule has 7 aromatic carbocycles. The first kappa shape index (κ1) is 45.7. The number of rotatable bonds is 18. The van der Waals surface area contributed by atoms with E-state index in [-0.39, 0.29) is 0 Å². The van der Waals surface area contributed by atoms with Crippen molar-refractivity contribution in [3.8, 4) is 0 Å². The van der Waals surface area contributed by atoms with Gasteiger partial charge >= 0.3 is 402 Å². The predicted molar refractivity (Wildman–Crippen MR) is 268 cm³/mol. The van der Waals surface area contributed by atoms with E-state index in [2.05, 4.69) is 187 Å². The molecule has 0 saturated carbocycles. The van der Waals surface area contributed by atoms with Crippen LogP contribution >= 0.6 is 0 Å². The Hall–Kier alpha value is -2.34. The van der Waals surface area contributed by atoms with Crippen LogP contribution in [-0.2, 0) is 31.9 Å². The summed E-state index contributed by atoms with van der Waals surface area (Å²) in [5.74, 6) is 0. The van der Waals surface area contributed by atoms with Gasteiger partial charge in [0.15, 0.2) is 0 Å². The molecule has 0 nitrogen and oxygen atoms in total. The molecule has 0 aromatic heterocycles. The van der Waals surface area contributed by atoms with E-state index in [0.717, 1.165) is 31.9 Å². The fourth-order valence-electron chi connectivity index (χ4n) is 6.88. The van der Waals surface area contributed by atoms with Gasteiger partial charge in [0, 0.05) is 0 Å². The van der Waals surface area contributed by atoms with E-state index in [1.54, 1.807) is 33.4 Å². The number of benzene rings is 7. The van der Waals surface area contributed by atoms with Crippen molar-refractivity contribution in [3.05, 3.63) is 212 Å². The second kappa shape index (κ2) is 22.8. The van der Waals surface area contributed by atoms with E-state index in [0.29, 0.717) is 89.7 Å². The van der Waals surface area contributed by atoms with Crippen LogP contribution in [0, 0.1) is 41.5 Å². The molecule has 0 aliphatic rings. The van der Waals surface area contributed by atoms with Crippen molar-refractivity contribution in [1.29, 1.82) is 0 Å². The molecule has 7 aromatic rings. The Morgan fingerprint density at radius 2 is 0.317 bits per heavy atom. The van der Waals surface area contributed by atoms with Crippen LogP contribution in [0.25, 0.3) is 0 Å². The Morgan fingerprint density at radius 3 is 0.433 bits per heavy atom. The molecule has 7 rings (SSSR count). The molecule has 0 saturated heterocycles. The number of aryl methyl sites for hydroxylation is 6. The first-order chi connectivity index (χ1) is 29.2. The van der Waals surface area contributed by atoms with E-state index in [1.165, 1.54) is 60.2 Å². The monoisotopic (exact) mass is 1180 g/mol. The molecule has 60 heavy (non-hydrogen) atoms.